The van der Waals surface area contributed by atoms with E-state index in [1.807, 2.05) is 7.05 Å². The fraction of sp³-hybridized carbons (Fsp3) is 0.714. The SMILES string of the molecule is COCCN1CCC[C@H](CN(C)C(=O)c2csc(N)n2)C1. The number of nitrogens with zero attached hydrogens (tertiary/aromatic N) is 3. The Morgan fingerprint density at radius 3 is 3.14 bits per heavy atom. The number of carbonyl (C=O) groups is 1. The molecule has 118 valence electrons. The van der Waals surface area contributed by atoms with Crippen LogP contribution in [0.1, 0.15) is 23.3 Å². The molecule has 21 heavy (non-hydrogen) atoms. The Morgan fingerprint density at radius 1 is 1.67 bits per heavy atom. The van der Waals surface area contributed by atoms with Crippen LogP contribution in [0, 0.1) is 5.92 Å². The van der Waals surface area contributed by atoms with Gasteiger partial charge in [0.25, 0.3) is 5.91 Å². The summed E-state index contributed by atoms with van der Waals surface area (Å²) in [7, 11) is 3.57. The van der Waals surface area contributed by atoms with Crippen LogP contribution in [-0.4, -0.2) is 67.6 Å². The second-order valence-electron chi connectivity index (χ2n) is 5.56. The Balaban J connectivity index is 1.84. The summed E-state index contributed by atoms with van der Waals surface area (Å²) >= 11 is 1.30. The van der Waals surface area contributed by atoms with E-state index >= 15 is 0 Å². The maximum Gasteiger partial charge on any atom is 0.273 e. The Bertz CT molecular complexity index is 466. The van der Waals surface area contributed by atoms with Gasteiger partial charge in [0.05, 0.1) is 6.61 Å². The predicted molar refractivity (Wildman–Crippen MR) is 84.5 cm³/mol. The number of nitrogen functional groups attached to an aromatic ring is 1. The van der Waals surface area contributed by atoms with Gasteiger partial charge in [-0.15, -0.1) is 11.3 Å². The number of ether oxygens (including phenoxy) is 1. The summed E-state index contributed by atoms with van der Waals surface area (Å²) in [5.41, 5.74) is 6.03. The Morgan fingerprint density at radius 2 is 2.48 bits per heavy atom. The highest BCUT2D eigenvalue weighted by atomic mass is 32.1. The molecule has 1 aliphatic heterocycles. The van der Waals surface area contributed by atoms with Gasteiger partial charge in [-0.3, -0.25) is 4.79 Å². The molecule has 1 fully saturated rings. The highest BCUT2D eigenvalue weighted by Gasteiger charge is 2.23. The van der Waals surface area contributed by atoms with E-state index in [0.29, 0.717) is 16.7 Å². The first-order valence-electron chi connectivity index (χ1n) is 7.28. The van der Waals surface area contributed by atoms with Crippen molar-refractivity contribution in [2.75, 3.05) is 52.7 Å². The lowest BCUT2D eigenvalue weighted by Crippen LogP contribution is -2.42. The van der Waals surface area contributed by atoms with Crippen LogP contribution in [0.15, 0.2) is 5.38 Å². The van der Waals surface area contributed by atoms with Crippen LogP contribution in [0.3, 0.4) is 0 Å². The Kier molecular flexibility index (Phi) is 5.96. The summed E-state index contributed by atoms with van der Waals surface area (Å²) in [6.45, 7) is 4.65. The van der Waals surface area contributed by atoms with Crippen molar-refractivity contribution in [2.24, 2.45) is 5.92 Å². The lowest BCUT2D eigenvalue weighted by molar-refractivity contribution is 0.0698. The van der Waals surface area contributed by atoms with Crippen molar-refractivity contribution in [3.63, 3.8) is 0 Å². The van der Waals surface area contributed by atoms with Crippen molar-refractivity contribution >= 4 is 22.4 Å². The van der Waals surface area contributed by atoms with Gasteiger partial charge in [-0.05, 0) is 25.3 Å². The molecule has 7 heteroatoms. The van der Waals surface area contributed by atoms with Gasteiger partial charge in [0.15, 0.2) is 5.13 Å². The minimum atomic E-state index is -0.0445. The molecule has 1 aromatic rings. The van der Waals surface area contributed by atoms with E-state index in [1.165, 1.54) is 24.2 Å². The van der Waals surface area contributed by atoms with Gasteiger partial charge in [-0.2, -0.15) is 0 Å². The van der Waals surface area contributed by atoms with E-state index in [9.17, 15) is 4.79 Å². The van der Waals surface area contributed by atoms with Crippen LogP contribution < -0.4 is 5.73 Å². The molecule has 1 atom stereocenters. The van der Waals surface area contributed by atoms with Crippen LogP contribution >= 0.6 is 11.3 Å². The topological polar surface area (TPSA) is 71.7 Å². The number of anilines is 1. The normalized spacial score (nSPS) is 19.6. The minimum absolute atomic E-state index is 0.0445. The van der Waals surface area contributed by atoms with E-state index < -0.39 is 0 Å². The third-order valence-electron chi connectivity index (χ3n) is 3.83. The van der Waals surface area contributed by atoms with Gasteiger partial charge in [0.1, 0.15) is 5.69 Å². The number of nitrogens with two attached hydrogens (primary N) is 1. The standard InChI is InChI=1S/C14H24N4O2S/c1-17(13(19)12-10-21-14(15)16-12)8-11-4-3-5-18(9-11)6-7-20-2/h10-11H,3-9H2,1-2H3,(H2,15,16)/t11-/m1/s1. The lowest BCUT2D eigenvalue weighted by atomic mass is 9.97. The number of rotatable bonds is 6. The van der Waals surface area contributed by atoms with Crippen molar-refractivity contribution < 1.29 is 9.53 Å². The molecule has 1 amide bonds. The number of hydrogen-bond acceptors (Lipinski definition) is 6. The number of amides is 1. The molecule has 6 nitrogen and oxygen atoms in total. The zero-order valence-corrected chi connectivity index (χ0v) is 13.6. The van der Waals surface area contributed by atoms with Gasteiger partial charge in [-0.25, -0.2) is 4.98 Å². The molecular weight excluding hydrogens is 288 g/mol. The summed E-state index contributed by atoms with van der Waals surface area (Å²) < 4.78 is 5.13. The van der Waals surface area contributed by atoms with Gasteiger partial charge in [0.2, 0.25) is 0 Å². The zero-order valence-electron chi connectivity index (χ0n) is 12.7. The number of methoxy groups -OCH3 is 1. The second-order valence-corrected chi connectivity index (χ2v) is 6.45. The predicted octanol–water partition coefficient (Wildman–Crippen LogP) is 1.16. The minimum Gasteiger partial charge on any atom is -0.383 e. The maximum atomic E-state index is 12.3. The van der Waals surface area contributed by atoms with Gasteiger partial charge in [0, 0.05) is 39.2 Å². The van der Waals surface area contributed by atoms with Crippen LogP contribution in [0.4, 0.5) is 5.13 Å². The molecule has 1 aromatic heterocycles. The van der Waals surface area contributed by atoms with Crippen LogP contribution in [0.5, 0.6) is 0 Å². The lowest BCUT2D eigenvalue weighted by Gasteiger charge is -2.34. The number of likely N-dealkylation sites (tertiary alicyclic amines) is 1. The third kappa shape index (κ3) is 4.66. The first kappa shape index (κ1) is 16.2. The van der Waals surface area contributed by atoms with Gasteiger partial charge in [-0.1, -0.05) is 0 Å². The third-order valence-corrected chi connectivity index (χ3v) is 4.51. The van der Waals surface area contributed by atoms with E-state index in [1.54, 1.807) is 17.4 Å². The molecule has 0 aliphatic carbocycles. The van der Waals surface area contributed by atoms with E-state index in [4.69, 9.17) is 10.5 Å². The number of piperidine rings is 1. The smallest absolute Gasteiger partial charge is 0.273 e. The van der Waals surface area contributed by atoms with E-state index in [0.717, 1.165) is 32.8 Å². The summed E-state index contributed by atoms with van der Waals surface area (Å²) in [4.78, 5) is 20.5. The average Bonchev–Trinajstić information content (AvgIpc) is 2.91. The van der Waals surface area contributed by atoms with Crippen molar-refractivity contribution in [3.05, 3.63) is 11.1 Å². The molecule has 0 saturated carbocycles. The number of thiazole rings is 1. The quantitative estimate of drug-likeness (QED) is 0.853. The molecule has 1 aliphatic rings. The summed E-state index contributed by atoms with van der Waals surface area (Å²) in [6, 6.07) is 0. The van der Waals surface area contributed by atoms with Crippen molar-refractivity contribution in [3.8, 4) is 0 Å². The number of hydrogen-bond donors (Lipinski definition) is 1. The molecule has 0 spiro atoms. The fourth-order valence-electron chi connectivity index (χ4n) is 2.78. The summed E-state index contributed by atoms with van der Waals surface area (Å²) in [5, 5.41) is 2.16. The monoisotopic (exact) mass is 312 g/mol. The number of aromatic nitrogens is 1. The largest absolute Gasteiger partial charge is 0.383 e. The maximum absolute atomic E-state index is 12.3. The summed E-state index contributed by atoms with van der Waals surface area (Å²) in [6.07, 6.45) is 2.35. The van der Waals surface area contributed by atoms with Gasteiger partial charge >= 0.3 is 0 Å². The molecule has 0 unspecified atom stereocenters. The highest BCUT2D eigenvalue weighted by Crippen LogP contribution is 2.19. The molecule has 2 rings (SSSR count). The Labute approximate surface area is 129 Å². The molecule has 0 bridgehead atoms. The fourth-order valence-corrected chi connectivity index (χ4v) is 3.31. The molecule has 1 saturated heterocycles. The Hall–Kier alpha value is -1.18. The van der Waals surface area contributed by atoms with E-state index in [2.05, 4.69) is 9.88 Å². The molecule has 2 heterocycles. The highest BCUT2D eigenvalue weighted by molar-refractivity contribution is 7.13. The van der Waals surface area contributed by atoms with Crippen LogP contribution in [-0.2, 0) is 4.74 Å². The van der Waals surface area contributed by atoms with E-state index in [-0.39, 0.29) is 5.91 Å². The van der Waals surface area contributed by atoms with Crippen molar-refractivity contribution in [2.45, 2.75) is 12.8 Å². The molecular formula is C14H24N4O2S. The van der Waals surface area contributed by atoms with Crippen molar-refractivity contribution in [1.82, 2.24) is 14.8 Å². The van der Waals surface area contributed by atoms with Crippen molar-refractivity contribution in [1.29, 1.82) is 0 Å². The summed E-state index contributed by atoms with van der Waals surface area (Å²) in [5.74, 6) is 0.470. The zero-order chi connectivity index (χ0) is 15.2. The van der Waals surface area contributed by atoms with Crippen LogP contribution in [0.25, 0.3) is 0 Å². The average molecular weight is 312 g/mol. The first-order chi connectivity index (χ1) is 10.1. The van der Waals surface area contributed by atoms with Gasteiger partial charge < -0.3 is 20.3 Å². The first-order valence-corrected chi connectivity index (χ1v) is 8.16. The molecule has 0 aromatic carbocycles. The second kappa shape index (κ2) is 7.72. The molecule has 2 N–H and O–H groups in total. The number of carbonyl (C=O) groups excluding carboxylic acids is 1. The molecule has 0 radical (unpaired) electrons. The van der Waals surface area contributed by atoms with Crippen LogP contribution in [0.2, 0.25) is 0 Å².